The van der Waals surface area contributed by atoms with Crippen LogP contribution >= 0.6 is 11.8 Å². The Morgan fingerprint density at radius 1 is 1.05 bits per heavy atom. The largest absolute Gasteiger partial charge is 0.457 e. The van der Waals surface area contributed by atoms with Crippen LogP contribution in [0.2, 0.25) is 0 Å². The van der Waals surface area contributed by atoms with Crippen LogP contribution in [0.4, 0.5) is 5.69 Å². The summed E-state index contributed by atoms with van der Waals surface area (Å²) in [5.41, 5.74) is 21.2. The Bertz CT molecular complexity index is 1380. The van der Waals surface area contributed by atoms with Crippen molar-refractivity contribution in [1.82, 2.24) is 10.6 Å². The van der Waals surface area contributed by atoms with E-state index in [0.29, 0.717) is 28.3 Å². The van der Waals surface area contributed by atoms with Crippen LogP contribution in [0.1, 0.15) is 35.4 Å². The number of thioether (sulfide) groups is 1. The van der Waals surface area contributed by atoms with Gasteiger partial charge in [0.15, 0.2) is 5.78 Å². The van der Waals surface area contributed by atoms with Gasteiger partial charge < -0.3 is 32.6 Å². The molecule has 1 amide bonds. The lowest BCUT2D eigenvalue weighted by Gasteiger charge is -2.41. The first kappa shape index (κ1) is 24.9. The summed E-state index contributed by atoms with van der Waals surface area (Å²) in [6.07, 6.45) is 1.92. The van der Waals surface area contributed by atoms with E-state index in [-0.39, 0.29) is 17.7 Å². The highest BCUT2D eigenvalue weighted by Gasteiger charge is 2.56. The molecule has 9 heteroatoms. The van der Waals surface area contributed by atoms with Gasteiger partial charge in [-0.2, -0.15) is 0 Å². The van der Waals surface area contributed by atoms with Gasteiger partial charge in [0.2, 0.25) is 5.91 Å². The molecule has 8 N–H and O–H groups in total. The van der Waals surface area contributed by atoms with Crippen molar-refractivity contribution in [2.75, 3.05) is 18.8 Å². The van der Waals surface area contributed by atoms with E-state index >= 15 is 0 Å². The van der Waals surface area contributed by atoms with Crippen LogP contribution in [-0.4, -0.2) is 42.1 Å². The van der Waals surface area contributed by atoms with E-state index in [1.165, 1.54) is 11.8 Å². The molecule has 2 heterocycles. The summed E-state index contributed by atoms with van der Waals surface area (Å²) in [6.45, 7) is 1.69. The maximum Gasteiger partial charge on any atom is 0.234 e. The SMILES string of the molecule is Nc1ccc2c3c1SC(C(=O)NC1CCCNC1)C3C(N)C(=O)C2(N)c1ccc(Oc2ccccc2)cc1. The van der Waals surface area contributed by atoms with Gasteiger partial charge in [0.05, 0.1) is 11.3 Å². The molecular formula is C29H31N5O3S. The van der Waals surface area contributed by atoms with E-state index in [4.69, 9.17) is 21.9 Å². The molecule has 1 saturated heterocycles. The quantitative estimate of drug-likeness (QED) is 0.317. The number of carbonyl (C=O) groups excluding carboxylic acids is 2. The lowest BCUT2D eigenvalue weighted by atomic mass is 9.65. The average molecular weight is 530 g/mol. The molecule has 6 rings (SSSR count). The molecule has 0 spiro atoms. The van der Waals surface area contributed by atoms with Gasteiger partial charge in [-0.25, -0.2) is 0 Å². The van der Waals surface area contributed by atoms with Gasteiger partial charge in [-0.05, 0) is 66.4 Å². The van der Waals surface area contributed by atoms with Gasteiger partial charge >= 0.3 is 0 Å². The molecule has 5 unspecified atom stereocenters. The number of ketones is 1. The van der Waals surface area contributed by atoms with Crippen molar-refractivity contribution in [3.63, 3.8) is 0 Å². The fourth-order valence-electron chi connectivity index (χ4n) is 5.88. The number of nitrogens with one attached hydrogen (secondary N) is 2. The summed E-state index contributed by atoms with van der Waals surface area (Å²) in [7, 11) is 0. The summed E-state index contributed by atoms with van der Waals surface area (Å²) in [6, 6.07) is 19.3. The number of piperidine rings is 1. The van der Waals surface area contributed by atoms with Crippen LogP contribution in [0.3, 0.4) is 0 Å². The highest BCUT2D eigenvalue weighted by molar-refractivity contribution is 8.01. The van der Waals surface area contributed by atoms with Gasteiger partial charge in [0.25, 0.3) is 0 Å². The third-order valence-corrected chi connectivity index (χ3v) is 9.28. The Kier molecular flexibility index (Phi) is 6.39. The molecule has 196 valence electrons. The Labute approximate surface area is 225 Å². The summed E-state index contributed by atoms with van der Waals surface area (Å²) >= 11 is 1.39. The third kappa shape index (κ3) is 4.06. The number of carbonyl (C=O) groups is 2. The molecule has 0 radical (unpaired) electrons. The molecule has 8 nitrogen and oxygen atoms in total. The molecule has 3 aromatic carbocycles. The second kappa shape index (κ2) is 9.74. The van der Waals surface area contributed by atoms with E-state index < -0.39 is 22.7 Å². The van der Waals surface area contributed by atoms with E-state index in [0.717, 1.165) is 36.4 Å². The van der Waals surface area contributed by atoms with Crippen molar-refractivity contribution in [2.45, 2.75) is 46.5 Å². The van der Waals surface area contributed by atoms with Crippen molar-refractivity contribution in [1.29, 1.82) is 0 Å². The summed E-state index contributed by atoms with van der Waals surface area (Å²) in [5.74, 6) is 0.395. The molecule has 3 aliphatic rings. The maximum atomic E-state index is 14.0. The minimum atomic E-state index is -1.47. The Hall–Kier alpha value is -3.37. The number of nitrogen functional groups attached to an aromatic ring is 1. The molecule has 3 aromatic rings. The number of nitrogens with two attached hydrogens (primary N) is 3. The standard InChI is InChI=1S/C29H31N5O3S/c30-21-13-12-20-22-23(26(38-25(21)22)28(36)34-17-5-4-14-33-15-17)24(31)27(35)29(20,32)16-8-10-19(11-9-16)37-18-6-2-1-3-7-18/h1-3,6-13,17,23-24,26,33H,4-5,14-15,30-32H2,(H,34,36). The first-order valence-corrected chi connectivity index (χ1v) is 13.8. The number of para-hydroxylation sites is 1. The smallest absolute Gasteiger partial charge is 0.234 e. The van der Waals surface area contributed by atoms with Crippen molar-refractivity contribution < 1.29 is 14.3 Å². The van der Waals surface area contributed by atoms with Crippen LogP contribution in [0.25, 0.3) is 0 Å². The predicted octanol–water partition coefficient (Wildman–Crippen LogP) is 2.60. The lowest BCUT2D eigenvalue weighted by Crippen LogP contribution is -2.60. The number of Topliss-reactive ketones (excluding diaryl/α,β-unsaturated/α-hetero) is 1. The van der Waals surface area contributed by atoms with Crippen molar-refractivity contribution >= 4 is 29.1 Å². The number of anilines is 1. The monoisotopic (exact) mass is 529 g/mol. The minimum Gasteiger partial charge on any atom is -0.457 e. The zero-order chi connectivity index (χ0) is 26.4. The second-order valence-corrected chi connectivity index (χ2v) is 11.4. The average Bonchev–Trinajstić information content (AvgIpc) is 3.35. The van der Waals surface area contributed by atoms with Gasteiger partial charge in [-0.1, -0.05) is 36.4 Å². The molecule has 38 heavy (non-hydrogen) atoms. The van der Waals surface area contributed by atoms with Crippen LogP contribution in [0, 0.1) is 0 Å². The lowest BCUT2D eigenvalue weighted by molar-refractivity contribution is -0.126. The molecule has 0 saturated carbocycles. The third-order valence-electron chi connectivity index (χ3n) is 7.82. The molecular weight excluding hydrogens is 498 g/mol. The van der Waals surface area contributed by atoms with E-state index in [1.807, 2.05) is 36.4 Å². The molecule has 0 aromatic heterocycles. The number of hydrogen-bond acceptors (Lipinski definition) is 8. The number of rotatable bonds is 5. The number of benzene rings is 3. The molecule has 5 atom stereocenters. The van der Waals surface area contributed by atoms with Crippen molar-refractivity contribution in [3.05, 3.63) is 83.4 Å². The van der Waals surface area contributed by atoms with Crippen LogP contribution < -0.4 is 32.6 Å². The topological polar surface area (TPSA) is 145 Å². The van der Waals surface area contributed by atoms with Gasteiger partial charge in [-0.15, -0.1) is 11.8 Å². The fraction of sp³-hybridized carbons (Fsp3) is 0.310. The number of amides is 1. The van der Waals surface area contributed by atoms with Crippen LogP contribution in [-0.2, 0) is 15.1 Å². The Morgan fingerprint density at radius 2 is 1.79 bits per heavy atom. The van der Waals surface area contributed by atoms with Crippen molar-refractivity contribution in [2.24, 2.45) is 11.5 Å². The van der Waals surface area contributed by atoms with Gasteiger partial charge in [0, 0.05) is 29.1 Å². The van der Waals surface area contributed by atoms with E-state index in [9.17, 15) is 9.59 Å². The summed E-state index contributed by atoms with van der Waals surface area (Å²) in [5, 5.41) is 5.93. The fourth-order valence-corrected chi connectivity index (χ4v) is 7.34. The predicted molar refractivity (Wildman–Crippen MR) is 148 cm³/mol. The van der Waals surface area contributed by atoms with Crippen LogP contribution in [0.15, 0.2) is 71.6 Å². The normalized spacial score (nSPS) is 28.0. The summed E-state index contributed by atoms with van der Waals surface area (Å²) in [4.78, 5) is 28.2. The second-order valence-electron chi connectivity index (χ2n) is 10.2. The zero-order valence-electron chi connectivity index (χ0n) is 20.9. The van der Waals surface area contributed by atoms with Gasteiger partial charge in [-0.3, -0.25) is 9.59 Å². The van der Waals surface area contributed by atoms with Crippen LogP contribution in [0.5, 0.6) is 11.5 Å². The zero-order valence-corrected chi connectivity index (χ0v) is 21.7. The molecule has 1 fully saturated rings. The number of hydrogen-bond donors (Lipinski definition) is 5. The molecule has 2 aliphatic heterocycles. The number of ether oxygens (including phenoxy) is 1. The van der Waals surface area contributed by atoms with E-state index in [2.05, 4.69) is 10.6 Å². The Morgan fingerprint density at radius 3 is 2.50 bits per heavy atom. The van der Waals surface area contributed by atoms with Crippen molar-refractivity contribution in [3.8, 4) is 11.5 Å². The minimum absolute atomic E-state index is 0.0538. The maximum absolute atomic E-state index is 14.0. The van der Waals surface area contributed by atoms with Gasteiger partial charge in [0.1, 0.15) is 17.0 Å². The Balaban J connectivity index is 1.34. The first-order valence-electron chi connectivity index (χ1n) is 12.9. The summed E-state index contributed by atoms with van der Waals surface area (Å²) < 4.78 is 5.92. The molecule has 1 aliphatic carbocycles. The molecule has 0 bridgehead atoms. The highest BCUT2D eigenvalue weighted by Crippen LogP contribution is 2.56. The first-order chi connectivity index (χ1) is 18.4. The highest BCUT2D eigenvalue weighted by atomic mass is 32.2. The van der Waals surface area contributed by atoms with E-state index in [1.54, 1.807) is 30.3 Å².